The lowest BCUT2D eigenvalue weighted by Crippen LogP contribution is -2.35. The van der Waals surface area contributed by atoms with Gasteiger partial charge in [0.15, 0.2) is 0 Å². The van der Waals surface area contributed by atoms with Gasteiger partial charge in [-0.1, -0.05) is 60.1 Å². The fourth-order valence-corrected chi connectivity index (χ4v) is 2.74. The third-order valence-corrected chi connectivity index (χ3v) is 4.32. The predicted octanol–water partition coefficient (Wildman–Crippen LogP) is 3.08. The highest BCUT2D eigenvalue weighted by molar-refractivity contribution is 6.30. The lowest BCUT2D eigenvalue weighted by atomic mass is 9.99. The van der Waals surface area contributed by atoms with Crippen molar-refractivity contribution in [3.8, 4) is 0 Å². The van der Waals surface area contributed by atoms with Crippen molar-refractivity contribution < 1.29 is 9.18 Å². The Morgan fingerprint density at radius 1 is 1.27 bits per heavy atom. The summed E-state index contributed by atoms with van der Waals surface area (Å²) in [6.07, 6.45) is 0.584. The molecular weight excluding hydrogens is 357 g/mol. The Bertz CT molecular complexity index is 873. The van der Waals surface area contributed by atoms with Crippen LogP contribution in [-0.4, -0.2) is 26.5 Å². The number of carbonyl (C=O) groups excluding carboxylic acids is 1. The average Bonchev–Trinajstić information content (AvgIpc) is 3.17. The summed E-state index contributed by atoms with van der Waals surface area (Å²) >= 11 is 5.74. The molecule has 3 aromatic rings. The van der Waals surface area contributed by atoms with Gasteiger partial charge >= 0.3 is 0 Å². The largest absolute Gasteiger partial charge is 0.342 e. The fourth-order valence-electron chi connectivity index (χ4n) is 2.63. The molecule has 1 amide bonds. The number of rotatable bonds is 6. The van der Waals surface area contributed by atoms with Gasteiger partial charge in [0.05, 0.1) is 5.02 Å². The van der Waals surface area contributed by atoms with E-state index in [0.29, 0.717) is 12.0 Å². The SMILES string of the molecule is C[C@@H](Cc1ccccc1)C(=O)N[C@@H](c1ccc(Cl)c(F)c1)c1nn[nH]n1. The second-order valence-electron chi connectivity index (χ2n) is 5.98. The van der Waals surface area contributed by atoms with Gasteiger partial charge in [-0.15, -0.1) is 10.2 Å². The van der Waals surface area contributed by atoms with E-state index in [1.807, 2.05) is 37.3 Å². The molecule has 3 rings (SSSR count). The molecule has 6 nitrogen and oxygen atoms in total. The van der Waals surface area contributed by atoms with Crippen LogP contribution >= 0.6 is 11.6 Å². The number of hydrogen-bond acceptors (Lipinski definition) is 4. The summed E-state index contributed by atoms with van der Waals surface area (Å²) in [5.74, 6) is -0.820. The Balaban J connectivity index is 1.79. The van der Waals surface area contributed by atoms with Gasteiger partial charge in [0.25, 0.3) is 0 Å². The van der Waals surface area contributed by atoms with Gasteiger partial charge in [-0.25, -0.2) is 4.39 Å². The van der Waals surface area contributed by atoms with Crippen LogP contribution < -0.4 is 5.32 Å². The second kappa shape index (κ2) is 8.05. The van der Waals surface area contributed by atoms with Gasteiger partial charge in [0.1, 0.15) is 11.9 Å². The molecule has 0 aliphatic heterocycles. The van der Waals surface area contributed by atoms with Crippen molar-refractivity contribution in [3.05, 3.63) is 76.3 Å². The Morgan fingerprint density at radius 2 is 2.04 bits per heavy atom. The number of halogens is 2. The summed E-state index contributed by atoms with van der Waals surface area (Å²) < 4.78 is 13.9. The van der Waals surface area contributed by atoms with Gasteiger partial charge in [0, 0.05) is 5.92 Å². The number of benzene rings is 2. The van der Waals surface area contributed by atoms with Crippen molar-refractivity contribution in [2.45, 2.75) is 19.4 Å². The highest BCUT2D eigenvalue weighted by Gasteiger charge is 2.24. The number of hydrogen-bond donors (Lipinski definition) is 2. The molecule has 2 atom stereocenters. The molecule has 0 saturated carbocycles. The van der Waals surface area contributed by atoms with Gasteiger partial charge < -0.3 is 5.32 Å². The third-order valence-electron chi connectivity index (χ3n) is 4.02. The van der Waals surface area contributed by atoms with E-state index in [1.165, 1.54) is 12.1 Å². The Hall–Kier alpha value is -2.80. The molecule has 0 aliphatic rings. The highest BCUT2D eigenvalue weighted by atomic mass is 35.5. The van der Waals surface area contributed by atoms with Gasteiger partial charge in [-0.3, -0.25) is 4.79 Å². The predicted molar refractivity (Wildman–Crippen MR) is 94.9 cm³/mol. The van der Waals surface area contributed by atoms with E-state index in [1.54, 1.807) is 6.07 Å². The van der Waals surface area contributed by atoms with Crippen LogP contribution in [0.3, 0.4) is 0 Å². The van der Waals surface area contributed by atoms with E-state index in [4.69, 9.17) is 11.6 Å². The van der Waals surface area contributed by atoms with Crippen LogP contribution in [-0.2, 0) is 11.2 Å². The fraction of sp³-hybridized carbons (Fsp3) is 0.222. The maximum absolute atomic E-state index is 13.9. The Kier molecular flexibility index (Phi) is 5.58. The lowest BCUT2D eigenvalue weighted by Gasteiger charge is -2.19. The molecule has 0 fully saturated rings. The second-order valence-corrected chi connectivity index (χ2v) is 6.38. The minimum Gasteiger partial charge on any atom is -0.342 e. The lowest BCUT2D eigenvalue weighted by molar-refractivity contribution is -0.125. The van der Waals surface area contributed by atoms with Gasteiger partial charge in [-0.05, 0) is 29.7 Å². The van der Waals surface area contributed by atoms with Crippen molar-refractivity contribution >= 4 is 17.5 Å². The molecule has 0 bridgehead atoms. The smallest absolute Gasteiger partial charge is 0.224 e. The minimum atomic E-state index is -0.730. The number of H-pyrrole nitrogens is 1. The quantitative estimate of drug-likeness (QED) is 0.695. The van der Waals surface area contributed by atoms with E-state index < -0.39 is 11.9 Å². The number of carbonyl (C=O) groups is 1. The molecule has 26 heavy (non-hydrogen) atoms. The van der Waals surface area contributed by atoms with Crippen molar-refractivity contribution in [1.29, 1.82) is 0 Å². The number of amides is 1. The summed E-state index contributed by atoms with van der Waals surface area (Å²) in [4.78, 5) is 12.7. The topological polar surface area (TPSA) is 83.6 Å². The van der Waals surface area contributed by atoms with Crippen LogP contribution in [0.4, 0.5) is 4.39 Å². The molecular formula is C18H17ClFN5O. The van der Waals surface area contributed by atoms with Crippen LogP contribution in [0.5, 0.6) is 0 Å². The molecule has 1 aromatic heterocycles. The van der Waals surface area contributed by atoms with Crippen LogP contribution in [0, 0.1) is 11.7 Å². The summed E-state index contributed by atoms with van der Waals surface area (Å²) in [5.41, 5.74) is 1.54. The number of nitrogens with zero attached hydrogens (tertiary/aromatic N) is 3. The summed E-state index contributed by atoms with van der Waals surface area (Å²) in [6, 6.07) is 13.3. The summed E-state index contributed by atoms with van der Waals surface area (Å²) in [6.45, 7) is 1.83. The van der Waals surface area contributed by atoms with E-state index in [2.05, 4.69) is 25.9 Å². The monoisotopic (exact) mass is 373 g/mol. The average molecular weight is 374 g/mol. The van der Waals surface area contributed by atoms with Crippen LogP contribution in [0.1, 0.15) is 29.9 Å². The molecule has 0 spiro atoms. The Morgan fingerprint density at radius 3 is 2.69 bits per heavy atom. The first kappa shape index (κ1) is 18.0. The number of tetrazole rings is 1. The first-order chi connectivity index (χ1) is 12.5. The van der Waals surface area contributed by atoms with Crippen molar-refractivity contribution in [2.24, 2.45) is 5.92 Å². The summed E-state index contributed by atoms with van der Waals surface area (Å²) in [5, 5.41) is 16.6. The minimum absolute atomic E-state index is 0.00406. The van der Waals surface area contributed by atoms with Crippen LogP contribution in [0.2, 0.25) is 5.02 Å². The van der Waals surface area contributed by atoms with Crippen LogP contribution in [0.15, 0.2) is 48.5 Å². The Labute approximate surface area is 154 Å². The number of aromatic nitrogens is 4. The molecule has 2 aromatic carbocycles. The third kappa shape index (κ3) is 4.23. The van der Waals surface area contributed by atoms with Crippen molar-refractivity contribution in [3.63, 3.8) is 0 Å². The molecule has 134 valence electrons. The number of aromatic amines is 1. The summed E-state index contributed by atoms with van der Waals surface area (Å²) in [7, 11) is 0. The first-order valence-corrected chi connectivity index (χ1v) is 8.45. The van der Waals surface area contributed by atoms with Gasteiger partial charge in [0.2, 0.25) is 11.7 Å². The molecule has 0 aliphatic carbocycles. The van der Waals surface area contributed by atoms with Crippen LogP contribution in [0.25, 0.3) is 0 Å². The molecule has 8 heteroatoms. The molecule has 1 heterocycles. The zero-order chi connectivity index (χ0) is 18.5. The maximum atomic E-state index is 13.9. The maximum Gasteiger partial charge on any atom is 0.224 e. The van der Waals surface area contributed by atoms with E-state index in [0.717, 1.165) is 5.56 Å². The van der Waals surface area contributed by atoms with E-state index >= 15 is 0 Å². The van der Waals surface area contributed by atoms with Gasteiger partial charge in [-0.2, -0.15) is 5.21 Å². The zero-order valence-electron chi connectivity index (χ0n) is 14.0. The first-order valence-electron chi connectivity index (χ1n) is 8.07. The normalized spacial score (nSPS) is 13.2. The molecule has 2 N–H and O–H groups in total. The van der Waals surface area contributed by atoms with Crippen molar-refractivity contribution in [2.75, 3.05) is 0 Å². The number of nitrogens with one attached hydrogen (secondary N) is 2. The zero-order valence-corrected chi connectivity index (χ0v) is 14.7. The molecule has 0 unspecified atom stereocenters. The molecule has 0 radical (unpaired) electrons. The van der Waals surface area contributed by atoms with Crippen molar-refractivity contribution in [1.82, 2.24) is 25.9 Å². The van der Waals surface area contributed by atoms with E-state index in [-0.39, 0.29) is 22.7 Å². The highest BCUT2D eigenvalue weighted by Crippen LogP contribution is 2.24. The standard InChI is InChI=1S/C18H17ClFN5O/c1-11(9-12-5-3-2-4-6-12)18(26)21-16(17-22-24-25-23-17)13-7-8-14(19)15(20)10-13/h2-8,10-11,16H,9H2,1H3,(H,21,26)(H,22,23,24,25)/t11-,16-/m0/s1. The molecule has 0 saturated heterocycles. The van der Waals surface area contributed by atoms with E-state index in [9.17, 15) is 9.18 Å².